The molecule has 0 aliphatic carbocycles. The Labute approximate surface area is 105 Å². The molecule has 0 radical (unpaired) electrons. The standard InChI is InChI=1S/C15H7FO3/c16-8-5-6-12-11(7-8)14-13(18-12)9-3-1-2-4-10(9)15(17)19-14/h1-7H. The quantitative estimate of drug-likeness (QED) is 0.479. The Hall–Kier alpha value is -2.62. The zero-order valence-corrected chi connectivity index (χ0v) is 9.64. The molecule has 4 heteroatoms. The first-order chi connectivity index (χ1) is 9.24. The van der Waals surface area contributed by atoms with Crippen LogP contribution in [0.3, 0.4) is 0 Å². The molecule has 0 saturated carbocycles. The van der Waals surface area contributed by atoms with Crippen molar-refractivity contribution in [2.75, 3.05) is 0 Å². The molecule has 2 aromatic carbocycles. The minimum Gasteiger partial charge on any atom is -0.452 e. The third kappa shape index (κ3) is 1.34. The molecular formula is C15H7FO3. The van der Waals surface area contributed by atoms with E-state index in [1.807, 2.05) is 6.07 Å². The van der Waals surface area contributed by atoms with Gasteiger partial charge in [0.25, 0.3) is 0 Å². The molecule has 0 N–H and O–H groups in total. The molecule has 0 fully saturated rings. The highest BCUT2D eigenvalue weighted by atomic mass is 19.1. The van der Waals surface area contributed by atoms with E-state index < -0.39 is 11.4 Å². The summed E-state index contributed by atoms with van der Waals surface area (Å²) in [4.78, 5) is 11.9. The van der Waals surface area contributed by atoms with E-state index in [2.05, 4.69) is 0 Å². The second-order valence-corrected chi connectivity index (χ2v) is 4.34. The number of rotatable bonds is 0. The third-order valence-corrected chi connectivity index (χ3v) is 3.19. The van der Waals surface area contributed by atoms with Gasteiger partial charge in [0.1, 0.15) is 11.4 Å². The maximum absolute atomic E-state index is 13.3. The Bertz CT molecular complexity index is 995. The summed E-state index contributed by atoms with van der Waals surface area (Å²) < 4.78 is 24.2. The molecule has 0 unspecified atom stereocenters. The van der Waals surface area contributed by atoms with E-state index in [0.29, 0.717) is 32.9 Å². The molecule has 0 bridgehead atoms. The van der Waals surface area contributed by atoms with Crippen LogP contribution in [0.15, 0.2) is 56.1 Å². The van der Waals surface area contributed by atoms with Crippen molar-refractivity contribution >= 4 is 32.9 Å². The van der Waals surface area contributed by atoms with Crippen LogP contribution in [-0.2, 0) is 0 Å². The fourth-order valence-electron chi connectivity index (χ4n) is 2.33. The molecule has 2 aromatic heterocycles. The van der Waals surface area contributed by atoms with E-state index in [9.17, 15) is 9.18 Å². The zero-order chi connectivity index (χ0) is 13.0. The van der Waals surface area contributed by atoms with Gasteiger partial charge in [0, 0.05) is 5.39 Å². The van der Waals surface area contributed by atoms with Gasteiger partial charge in [-0.1, -0.05) is 18.2 Å². The van der Waals surface area contributed by atoms with Gasteiger partial charge in [-0.15, -0.1) is 0 Å². The lowest BCUT2D eigenvalue weighted by atomic mass is 10.1. The van der Waals surface area contributed by atoms with Crippen molar-refractivity contribution in [3.63, 3.8) is 0 Å². The van der Waals surface area contributed by atoms with Crippen molar-refractivity contribution in [2.45, 2.75) is 0 Å². The van der Waals surface area contributed by atoms with Crippen molar-refractivity contribution < 1.29 is 13.2 Å². The monoisotopic (exact) mass is 254 g/mol. The molecule has 4 aromatic rings. The van der Waals surface area contributed by atoms with E-state index in [0.717, 1.165) is 0 Å². The SMILES string of the molecule is O=c1oc2c3cc(F)ccc3oc2c2ccccc12. The summed E-state index contributed by atoms with van der Waals surface area (Å²) in [7, 11) is 0. The van der Waals surface area contributed by atoms with Crippen LogP contribution < -0.4 is 5.63 Å². The summed E-state index contributed by atoms with van der Waals surface area (Å²) in [5.41, 5.74) is 0.806. The number of benzene rings is 2. The van der Waals surface area contributed by atoms with Gasteiger partial charge in [0.05, 0.1) is 10.8 Å². The Morgan fingerprint density at radius 2 is 1.58 bits per heavy atom. The van der Waals surface area contributed by atoms with Crippen LogP contribution in [0, 0.1) is 5.82 Å². The normalized spacial score (nSPS) is 11.6. The average molecular weight is 254 g/mol. The second kappa shape index (κ2) is 3.45. The van der Waals surface area contributed by atoms with Crippen LogP contribution in [0.25, 0.3) is 32.9 Å². The average Bonchev–Trinajstić information content (AvgIpc) is 2.78. The smallest absolute Gasteiger partial charge is 0.344 e. The Morgan fingerprint density at radius 1 is 0.842 bits per heavy atom. The molecule has 3 nitrogen and oxygen atoms in total. The lowest BCUT2D eigenvalue weighted by Gasteiger charge is -1.95. The second-order valence-electron chi connectivity index (χ2n) is 4.34. The van der Waals surface area contributed by atoms with Crippen LogP contribution in [0.2, 0.25) is 0 Å². The van der Waals surface area contributed by atoms with Gasteiger partial charge in [0.15, 0.2) is 11.2 Å². The van der Waals surface area contributed by atoms with Crippen molar-refractivity contribution in [2.24, 2.45) is 0 Å². The number of furan rings is 1. The number of hydrogen-bond acceptors (Lipinski definition) is 3. The molecule has 0 atom stereocenters. The van der Waals surface area contributed by atoms with Gasteiger partial charge in [-0.25, -0.2) is 9.18 Å². The van der Waals surface area contributed by atoms with Crippen molar-refractivity contribution in [1.82, 2.24) is 0 Å². The predicted octanol–water partition coefficient (Wildman–Crippen LogP) is 3.83. The minimum absolute atomic E-state index is 0.290. The fourth-order valence-corrected chi connectivity index (χ4v) is 2.33. The summed E-state index contributed by atoms with van der Waals surface area (Å²) in [5, 5.41) is 1.60. The highest BCUT2D eigenvalue weighted by Gasteiger charge is 2.15. The van der Waals surface area contributed by atoms with Gasteiger partial charge >= 0.3 is 5.63 Å². The van der Waals surface area contributed by atoms with Crippen LogP contribution in [0.5, 0.6) is 0 Å². The molecular weight excluding hydrogens is 247 g/mol. The highest BCUT2D eigenvalue weighted by Crippen LogP contribution is 2.32. The van der Waals surface area contributed by atoms with Gasteiger partial charge in [0.2, 0.25) is 0 Å². The summed E-state index contributed by atoms with van der Waals surface area (Å²) >= 11 is 0. The van der Waals surface area contributed by atoms with E-state index in [1.54, 1.807) is 18.2 Å². The molecule has 0 saturated heterocycles. The van der Waals surface area contributed by atoms with E-state index >= 15 is 0 Å². The van der Waals surface area contributed by atoms with Crippen molar-refractivity contribution in [3.8, 4) is 0 Å². The largest absolute Gasteiger partial charge is 0.452 e. The zero-order valence-electron chi connectivity index (χ0n) is 9.64. The first-order valence-corrected chi connectivity index (χ1v) is 5.77. The Balaban J connectivity index is 2.36. The summed E-state index contributed by atoms with van der Waals surface area (Å²) in [5.74, 6) is -0.397. The fraction of sp³-hybridized carbons (Fsp3) is 0. The van der Waals surface area contributed by atoms with E-state index in [-0.39, 0.29) is 0 Å². The maximum Gasteiger partial charge on any atom is 0.344 e. The predicted molar refractivity (Wildman–Crippen MR) is 69.7 cm³/mol. The van der Waals surface area contributed by atoms with Gasteiger partial charge < -0.3 is 8.83 Å². The van der Waals surface area contributed by atoms with Crippen molar-refractivity contribution in [3.05, 3.63) is 58.7 Å². The summed E-state index contributed by atoms with van der Waals surface area (Å²) in [6, 6.07) is 11.2. The topological polar surface area (TPSA) is 43.4 Å². The minimum atomic E-state index is -0.449. The van der Waals surface area contributed by atoms with Crippen LogP contribution in [0.4, 0.5) is 4.39 Å². The molecule has 19 heavy (non-hydrogen) atoms. The van der Waals surface area contributed by atoms with Gasteiger partial charge in [-0.3, -0.25) is 0 Å². The lowest BCUT2D eigenvalue weighted by Crippen LogP contribution is -1.98. The van der Waals surface area contributed by atoms with Crippen LogP contribution in [0.1, 0.15) is 0 Å². The van der Waals surface area contributed by atoms with Crippen molar-refractivity contribution in [1.29, 1.82) is 0 Å². The molecule has 0 aliphatic heterocycles. The molecule has 4 rings (SSSR count). The molecule has 0 spiro atoms. The molecule has 2 heterocycles. The number of hydrogen-bond donors (Lipinski definition) is 0. The van der Waals surface area contributed by atoms with Crippen LogP contribution >= 0.6 is 0 Å². The highest BCUT2D eigenvalue weighted by molar-refractivity contribution is 6.11. The first-order valence-electron chi connectivity index (χ1n) is 5.77. The van der Waals surface area contributed by atoms with Gasteiger partial charge in [-0.05, 0) is 24.3 Å². The van der Waals surface area contributed by atoms with Gasteiger partial charge in [-0.2, -0.15) is 0 Å². The molecule has 92 valence electrons. The number of fused-ring (bicyclic) bond motifs is 5. The molecule has 0 amide bonds. The maximum atomic E-state index is 13.3. The van der Waals surface area contributed by atoms with E-state index in [4.69, 9.17) is 8.83 Å². The third-order valence-electron chi connectivity index (χ3n) is 3.19. The van der Waals surface area contributed by atoms with Crippen LogP contribution in [-0.4, -0.2) is 0 Å². The summed E-state index contributed by atoms with van der Waals surface area (Å²) in [6.45, 7) is 0. The Kier molecular flexibility index (Phi) is 1.87. The number of halogens is 1. The lowest BCUT2D eigenvalue weighted by molar-refractivity contribution is 0.564. The summed E-state index contributed by atoms with van der Waals surface area (Å²) in [6.07, 6.45) is 0. The molecule has 0 aliphatic rings. The Morgan fingerprint density at radius 3 is 2.42 bits per heavy atom. The van der Waals surface area contributed by atoms with E-state index in [1.165, 1.54) is 18.2 Å². The first kappa shape index (κ1) is 10.3.